The minimum atomic E-state index is -0.842. The van der Waals surface area contributed by atoms with Gasteiger partial charge in [-0.1, -0.05) is 0 Å². The molecule has 4 N–H and O–H groups in total. The maximum Gasteiger partial charge on any atom is 0.306 e. The number of amides is 2. The van der Waals surface area contributed by atoms with E-state index in [1.54, 1.807) is 6.92 Å². The highest BCUT2D eigenvalue weighted by Gasteiger charge is 2.34. The number of hydrogen-bond acceptors (Lipinski definition) is 3. The number of nitrogens with two attached hydrogens (primary N) is 1. The molecule has 0 radical (unpaired) electrons. The third kappa shape index (κ3) is 4.05. The van der Waals surface area contributed by atoms with Gasteiger partial charge in [0.05, 0.1) is 5.92 Å². The number of carbonyl (C=O) groups is 3. The van der Waals surface area contributed by atoms with Crippen LogP contribution in [0.2, 0.25) is 0 Å². The molecule has 0 heterocycles. The van der Waals surface area contributed by atoms with E-state index in [1.807, 2.05) is 0 Å². The van der Waals surface area contributed by atoms with E-state index in [0.29, 0.717) is 19.3 Å². The Morgan fingerprint density at radius 2 is 1.94 bits per heavy atom. The van der Waals surface area contributed by atoms with Gasteiger partial charge >= 0.3 is 5.97 Å². The van der Waals surface area contributed by atoms with Crippen molar-refractivity contribution in [3.05, 3.63) is 0 Å². The minimum absolute atomic E-state index is 0.0980. The molecule has 0 aromatic rings. The van der Waals surface area contributed by atoms with Crippen molar-refractivity contribution in [3.8, 4) is 0 Å². The predicted molar refractivity (Wildman–Crippen MR) is 59.9 cm³/mol. The molecule has 6 nitrogen and oxygen atoms in total. The summed E-state index contributed by atoms with van der Waals surface area (Å²) in [6.07, 6.45) is 1.61. The number of rotatable bonds is 5. The summed E-state index contributed by atoms with van der Waals surface area (Å²) in [5, 5.41) is 11.5. The molecule has 0 aromatic heterocycles. The number of hydrogen-bond donors (Lipinski definition) is 3. The molecule has 3 unspecified atom stereocenters. The zero-order valence-electron chi connectivity index (χ0n) is 9.81. The number of primary amides is 1. The highest BCUT2D eigenvalue weighted by molar-refractivity contribution is 5.82. The van der Waals surface area contributed by atoms with E-state index in [1.165, 1.54) is 0 Å². The standard InChI is InChI=1S/C11H18N2O4/c1-6(4-9(12)14)13-10(15)7-2-3-8(5-7)11(16)17/h6-8H,2-5H2,1H3,(H2,12,14)(H,13,15)(H,16,17). The monoisotopic (exact) mass is 242 g/mol. The third-order valence-electron chi connectivity index (χ3n) is 3.05. The van der Waals surface area contributed by atoms with Gasteiger partial charge in [-0.2, -0.15) is 0 Å². The zero-order valence-corrected chi connectivity index (χ0v) is 9.81. The number of carboxylic acid groups (broad SMARTS) is 1. The molecule has 6 heteroatoms. The van der Waals surface area contributed by atoms with Gasteiger partial charge in [-0.3, -0.25) is 14.4 Å². The van der Waals surface area contributed by atoms with Crippen LogP contribution in [0, 0.1) is 11.8 Å². The molecule has 0 spiro atoms. The van der Waals surface area contributed by atoms with E-state index in [4.69, 9.17) is 10.8 Å². The van der Waals surface area contributed by atoms with E-state index in [0.717, 1.165) is 0 Å². The Balaban J connectivity index is 2.39. The van der Waals surface area contributed by atoms with Crippen molar-refractivity contribution in [2.45, 2.75) is 38.6 Å². The van der Waals surface area contributed by atoms with Crippen molar-refractivity contribution in [3.63, 3.8) is 0 Å². The van der Waals surface area contributed by atoms with Crippen molar-refractivity contribution in [1.29, 1.82) is 0 Å². The first-order valence-electron chi connectivity index (χ1n) is 5.71. The molecule has 0 saturated heterocycles. The summed E-state index contributed by atoms with van der Waals surface area (Å²) in [7, 11) is 0. The fourth-order valence-corrected chi connectivity index (χ4v) is 2.16. The number of carboxylic acids is 1. The van der Waals surface area contributed by atoms with Gasteiger partial charge in [0.2, 0.25) is 11.8 Å². The normalized spacial score (nSPS) is 25.2. The van der Waals surface area contributed by atoms with Gasteiger partial charge in [0.25, 0.3) is 0 Å². The molecule has 0 bridgehead atoms. The smallest absolute Gasteiger partial charge is 0.306 e. The van der Waals surface area contributed by atoms with Gasteiger partial charge in [-0.25, -0.2) is 0 Å². The van der Waals surface area contributed by atoms with Gasteiger partial charge < -0.3 is 16.2 Å². The molecule has 0 aliphatic heterocycles. The summed E-state index contributed by atoms with van der Waals surface area (Å²) in [6.45, 7) is 1.70. The summed E-state index contributed by atoms with van der Waals surface area (Å²) < 4.78 is 0. The van der Waals surface area contributed by atoms with Crippen LogP contribution in [0.3, 0.4) is 0 Å². The fourth-order valence-electron chi connectivity index (χ4n) is 2.16. The second kappa shape index (κ2) is 5.65. The number of aliphatic carboxylic acids is 1. The van der Waals surface area contributed by atoms with E-state index in [9.17, 15) is 14.4 Å². The average molecular weight is 242 g/mol. The highest BCUT2D eigenvalue weighted by Crippen LogP contribution is 2.31. The van der Waals surface area contributed by atoms with E-state index in [2.05, 4.69) is 5.32 Å². The van der Waals surface area contributed by atoms with E-state index in [-0.39, 0.29) is 24.3 Å². The van der Waals surface area contributed by atoms with Gasteiger partial charge in [0, 0.05) is 18.4 Å². The van der Waals surface area contributed by atoms with Crippen molar-refractivity contribution in [1.82, 2.24) is 5.32 Å². The molecule has 0 aromatic carbocycles. The van der Waals surface area contributed by atoms with Crippen LogP contribution in [0.25, 0.3) is 0 Å². The Kier molecular flexibility index (Phi) is 4.48. The van der Waals surface area contributed by atoms with Crippen LogP contribution in [0.1, 0.15) is 32.6 Å². The quantitative estimate of drug-likeness (QED) is 0.623. The molecule has 1 aliphatic rings. The molecule has 17 heavy (non-hydrogen) atoms. The zero-order chi connectivity index (χ0) is 13.0. The Labute approximate surface area is 99.6 Å². The summed E-state index contributed by atoms with van der Waals surface area (Å²) in [5.41, 5.74) is 5.02. The Morgan fingerprint density at radius 1 is 1.35 bits per heavy atom. The Hall–Kier alpha value is -1.59. The lowest BCUT2D eigenvalue weighted by Gasteiger charge is -2.15. The molecule has 2 amide bonds. The van der Waals surface area contributed by atoms with Crippen molar-refractivity contribution in [2.75, 3.05) is 0 Å². The summed E-state index contributed by atoms with van der Waals surface area (Å²) in [6, 6.07) is -0.302. The maximum atomic E-state index is 11.7. The van der Waals surface area contributed by atoms with Crippen molar-refractivity contribution in [2.24, 2.45) is 17.6 Å². The van der Waals surface area contributed by atoms with Crippen molar-refractivity contribution < 1.29 is 19.5 Å². The van der Waals surface area contributed by atoms with Gasteiger partial charge in [-0.05, 0) is 26.2 Å². The maximum absolute atomic E-state index is 11.7. The SMILES string of the molecule is CC(CC(N)=O)NC(=O)C1CCC(C(=O)O)C1. The molecular formula is C11H18N2O4. The lowest BCUT2D eigenvalue weighted by molar-refractivity contribution is -0.141. The first-order chi connectivity index (χ1) is 7.90. The third-order valence-corrected chi connectivity index (χ3v) is 3.05. The molecule has 96 valence electrons. The van der Waals surface area contributed by atoms with E-state index < -0.39 is 17.8 Å². The van der Waals surface area contributed by atoms with Crippen LogP contribution in [0.4, 0.5) is 0 Å². The summed E-state index contributed by atoms with van der Waals surface area (Å²) >= 11 is 0. The second-order valence-electron chi connectivity index (χ2n) is 4.63. The molecular weight excluding hydrogens is 224 g/mol. The lowest BCUT2D eigenvalue weighted by Crippen LogP contribution is -2.38. The predicted octanol–water partition coefficient (Wildman–Crippen LogP) is -0.133. The molecule has 3 atom stereocenters. The fraction of sp³-hybridized carbons (Fsp3) is 0.727. The second-order valence-corrected chi connectivity index (χ2v) is 4.63. The first-order valence-corrected chi connectivity index (χ1v) is 5.71. The molecule has 1 saturated carbocycles. The van der Waals surface area contributed by atoms with Crippen LogP contribution < -0.4 is 11.1 Å². The van der Waals surface area contributed by atoms with Crippen LogP contribution in [0.15, 0.2) is 0 Å². The molecule has 1 rings (SSSR count). The van der Waals surface area contributed by atoms with Crippen molar-refractivity contribution >= 4 is 17.8 Å². The van der Waals surface area contributed by atoms with Crippen LogP contribution in [-0.2, 0) is 14.4 Å². The number of nitrogens with one attached hydrogen (secondary N) is 1. The van der Waals surface area contributed by atoms with Crippen LogP contribution >= 0.6 is 0 Å². The first kappa shape index (κ1) is 13.5. The summed E-state index contributed by atoms with van der Waals surface area (Å²) in [4.78, 5) is 33.1. The highest BCUT2D eigenvalue weighted by atomic mass is 16.4. The number of carbonyl (C=O) groups excluding carboxylic acids is 2. The minimum Gasteiger partial charge on any atom is -0.481 e. The van der Waals surface area contributed by atoms with E-state index >= 15 is 0 Å². The Morgan fingerprint density at radius 3 is 2.41 bits per heavy atom. The lowest BCUT2D eigenvalue weighted by atomic mass is 10.0. The van der Waals surface area contributed by atoms with Gasteiger partial charge in [0.1, 0.15) is 0 Å². The molecule has 1 aliphatic carbocycles. The van der Waals surface area contributed by atoms with Crippen LogP contribution in [0.5, 0.6) is 0 Å². The topological polar surface area (TPSA) is 109 Å². The molecule has 1 fully saturated rings. The van der Waals surface area contributed by atoms with Gasteiger partial charge in [-0.15, -0.1) is 0 Å². The summed E-state index contributed by atoms with van der Waals surface area (Å²) in [5.74, 6) is -2.16. The van der Waals surface area contributed by atoms with Gasteiger partial charge in [0.15, 0.2) is 0 Å². The van der Waals surface area contributed by atoms with Crippen LogP contribution in [-0.4, -0.2) is 28.9 Å². The largest absolute Gasteiger partial charge is 0.481 e. The Bertz CT molecular complexity index is 329. The average Bonchev–Trinajstić information content (AvgIpc) is 2.64.